The van der Waals surface area contributed by atoms with Crippen LogP contribution in [0, 0.1) is 29.6 Å². The van der Waals surface area contributed by atoms with E-state index in [9.17, 15) is 19.2 Å². The molecule has 0 spiro atoms. The second kappa shape index (κ2) is 7.18. The van der Waals surface area contributed by atoms with E-state index in [1.807, 2.05) is 19.9 Å². The van der Waals surface area contributed by atoms with Crippen LogP contribution < -0.4 is 0 Å². The zero-order chi connectivity index (χ0) is 21.8. The van der Waals surface area contributed by atoms with E-state index in [-0.39, 0.29) is 29.2 Å². The third-order valence-electron chi connectivity index (χ3n) is 6.93. The van der Waals surface area contributed by atoms with Gasteiger partial charge in [0.05, 0.1) is 18.1 Å². The molecule has 6 atom stereocenters. The summed E-state index contributed by atoms with van der Waals surface area (Å²) >= 11 is 0. The lowest BCUT2D eigenvalue weighted by Crippen LogP contribution is -2.47. The van der Waals surface area contributed by atoms with E-state index in [0.717, 1.165) is 6.42 Å². The number of hydrogen-bond donors (Lipinski definition) is 0. The topological polar surface area (TPSA) is 86.7 Å². The first kappa shape index (κ1) is 20.5. The van der Waals surface area contributed by atoms with Gasteiger partial charge in [-0.1, -0.05) is 26.8 Å². The molecule has 0 radical (unpaired) electrons. The highest BCUT2D eigenvalue weighted by Crippen LogP contribution is 2.51. The molecule has 4 rings (SSSR count). The molecule has 0 saturated carbocycles. The zero-order valence-electron chi connectivity index (χ0n) is 17.6. The first-order chi connectivity index (χ1) is 14.2. The highest BCUT2D eigenvalue weighted by Gasteiger charge is 2.62. The average Bonchev–Trinajstić information content (AvgIpc) is 2.98. The van der Waals surface area contributed by atoms with Crippen molar-refractivity contribution in [2.75, 3.05) is 0 Å². The highest BCUT2D eigenvalue weighted by atomic mass is 16.6. The predicted octanol–water partition coefficient (Wildman–Crippen LogP) is 3.24. The number of Topliss-reactive ketones (excluding diaryl/α,β-unsaturated/α-hetero) is 1. The standard InChI is InChI=1S/C24H26O6/c1-5-12(2)22(27)20-21-15-11-29-17(19-13(3)7-6-8-16(19)25)9-14(15)10-18(26)24(21,4)30-23(20)28/h6,8-13,19-21H,5,7H2,1-4H3/t12-,13+,19-,20-,21-,24-/m1/s1. The van der Waals surface area contributed by atoms with Crippen LogP contribution in [0.15, 0.2) is 47.5 Å². The van der Waals surface area contributed by atoms with E-state index < -0.39 is 29.3 Å². The second-order valence-corrected chi connectivity index (χ2v) is 8.89. The van der Waals surface area contributed by atoms with Gasteiger partial charge in [-0.3, -0.25) is 19.2 Å². The fraction of sp³-hybridized carbons (Fsp3) is 0.500. The van der Waals surface area contributed by atoms with Gasteiger partial charge in [-0.25, -0.2) is 0 Å². The molecular formula is C24H26O6. The van der Waals surface area contributed by atoms with Gasteiger partial charge in [0.1, 0.15) is 11.7 Å². The molecular weight excluding hydrogens is 384 g/mol. The quantitative estimate of drug-likeness (QED) is 0.522. The average molecular weight is 410 g/mol. The van der Waals surface area contributed by atoms with Crippen LogP contribution in [0.5, 0.6) is 0 Å². The SMILES string of the molecule is CC[C@@H](C)C(=O)[C@@H]1C(=O)O[C@]2(C)C(=O)C=C3C=C([C@H]4C(=O)C=CC[C@@H]4C)OC=C3[C@H]12. The van der Waals surface area contributed by atoms with Gasteiger partial charge in [-0.05, 0) is 49.5 Å². The lowest BCUT2D eigenvalue weighted by molar-refractivity contribution is -0.156. The summed E-state index contributed by atoms with van der Waals surface area (Å²) in [5, 5.41) is 0. The minimum Gasteiger partial charge on any atom is -0.468 e. The molecule has 4 aliphatic rings. The molecule has 0 aromatic heterocycles. The largest absolute Gasteiger partial charge is 0.468 e. The normalized spacial score (nSPS) is 36.0. The van der Waals surface area contributed by atoms with E-state index in [0.29, 0.717) is 23.3 Å². The van der Waals surface area contributed by atoms with Crippen molar-refractivity contribution in [1.82, 2.24) is 0 Å². The summed E-state index contributed by atoms with van der Waals surface area (Å²) in [5.74, 6) is -3.23. The number of ketones is 3. The van der Waals surface area contributed by atoms with Gasteiger partial charge in [0, 0.05) is 11.5 Å². The molecule has 0 amide bonds. The summed E-state index contributed by atoms with van der Waals surface area (Å²) in [6.07, 6.45) is 9.41. The van der Waals surface area contributed by atoms with Gasteiger partial charge in [0.25, 0.3) is 0 Å². The molecule has 2 heterocycles. The van der Waals surface area contributed by atoms with Crippen molar-refractivity contribution < 1.29 is 28.7 Å². The van der Waals surface area contributed by atoms with Crippen LogP contribution >= 0.6 is 0 Å². The molecule has 0 aromatic rings. The molecule has 158 valence electrons. The van der Waals surface area contributed by atoms with E-state index in [1.165, 1.54) is 12.3 Å². The summed E-state index contributed by atoms with van der Waals surface area (Å²) in [6.45, 7) is 7.21. The Labute approximate surface area is 175 Å². The molecule has 30 heavy (non-hydrogen) atoms. The Kier molecular flexibility index (Phi) is 4.91. The molecule has 2 aliphatic carbocycles. The number of carbonyl (C=O) groups excluding carboxylic acids is 4. The summed E-state index contributed by atoms with van der Waals surface area (Å²) in [5.41, 5.74) is -0.246. The lowest BCUT2D eigenvalue weighted by Gasteiger charge is -2.37. The van der Waals surface area contributed by atoms with Crippen LogP contribution in [0.4, 0.5) is 0 Å². The van der Waals surface area contributed by atoms with E-state index >= 15 is 0 Å². The number of fused-ring (bicyclic) bond motifs is 3. The molecule has 6 nitrogen and oxygen atoms in total. The second-order valence-electron chi connectivity index (χ2n) is 8.89. The molecule has 1 saturated heterocycles. The van der Waals surface area contributed by atoms with Gasteiger partial charge in [-0.15, -0.1) is 0 Å². The van der Waals surface area contributed by atoms with Crippen molar-refractivity contribution in [1.29, 1.82) is 0 Å². The fourth-order valence-electron chi connectivity index (χ4n) is 4.89. The van der Waals surface area contributed by atoms with Crippen molar-refractivity contribution in [3.63, 3.8) is 0 Å². The van der Waals surface area contributed by atoms with Crippen LogP contribution in [0.1, 0.15) is 40.5 Å². The molecule has 0 N–H and O–H groups in total. The lowest BCUT2D eigenvalue weighted by atomic mass is 9.66. The van der Waals surface area contributed by atoms with Crippen LogP contribution in [0.2, 0.25) is 0 Å². The number of allylic oxidation sites excluding steroid dienone is 5. The molecule has 0 bridgehead atoms. The maximum atomic E-state index is 13.0. The molecule has 1 fully saturated rings. The van der Waals surface area contributed by atoms with E-state index in [4.69, 9.17) is 9.47 Å². The minimum absolute atomic E-state index is 0.0337. The summed E-state index contributed by atoms with van der Waals surface area (Å²) in [4.78, 5) is 51.1. The Hall–Kier alpha value is -2.76. The summed E-state index contributed by atoms with van der Waals surface area (Å²) in [7, 11) is 0. The van der Waals surface area contributed by atoms with Crippen molar-refractivity contribution in [2.45, 2.75) is 46.1 Å². The minimum atomic E-state index is -1.43. The highest BCUT2D eigenvalue weighted by molar-refractivity contribution is 6.10. The Morgan fingerprint density at radius 2 is 2.00 bits per heavy atom. The van der Waals surface area contributed by atoms with Crippen LogP contribution in [0.25, 0.3) is 0 Å². The third-order valence-corrected chi connectivity index (χ3v) is 6.93. The Balaban J connectivity index is 1.74. The maximum absolute atomic E-state index is 13.0. The van der Waals surface area contributed by atoms with Crippen molar-refractivity contribution >= 4 is 23.3 Å². The Morgan fingerprint density at radius 3 is 2.67 bits per heavy atom. The Bertz CT molecular complexity index is 964. The first-order valence-electron chi connectivity index (χ1n) is 10.5. The number of hydrogen-bond acceptors (Lipinski definition) is 6. The van der Waals surface area contributed by atoms with Crippen molar-refractivity contribution in [3.05, 3.63) is 47.5 Å². The predicted molar refractivity (Wildman–Crippen MR) is 108 cm³/mol. The summed E-state index contributed by atoms with van der Waals surface area (Å²) < 4.78 is 11.4. The third kappa shape index (κ3) is 2.92. The number of esters is 1. The Morgan fingerprint density at radius 1 is 1.27 bits per heavy atom. The smallest absolute Gasteiger partial charge is 0.318 e. The van der Waals surface area contributed by atoms with Gasteiger partial charge in [0.2, 0.25) is 0 Å². The molecule has 0 aromatic carbocycles. The zero-order valence-corrected chi connectivity index (χ0v) is 17.6. The first-order valence-corrected chi connectivity index (χ1v) is 10.5. The van der Waals surface area contributed by atoms with Gasteiger partial charge in [0.15, 0.2) is 23.0 Å². The monoisotopic (exact) mass is 410 g/mol. The van der Waals surface area contributed by atoms with Crippen LogP contribution in [0.3, 0.4) is 0 Å². The molecule has 2 aliphatic heterocycles. The van der Waals surface area contributed by atoms with Gasteiger partial charge < -0.3 is 9.47 Å². The van der Waals surface area contributed by atoms with Gasteiger partial charge >= 0.3 is 5.97 Å². The van der Waals surface area contributed by atoms with Crippen molar-refractivity contribution in [3.8, 4) is 0 Å². The van der Waals surface area contributed by atoms with E-state index in [2.05, 4.69) is 0 Å². The van der Waals surface area contributed by atoms with Gasteiger partial charge in [-0.2, -0.15) is 0 Å². The van der Waals surface area contributed by atoms with Crippen LogP contribution in [-0.2, 0) is 28.7 Å². The number of ether oxygens (including phenoxy) is 2. The molecule has 0 unspecified atom stereocenters. The van der Waals surface area contributed by atoms with E-state index in [1.54, 1.807) is 26.0 Å². The summed E-state index contributed by atoms with van der Waals surface area (Å²) in [6, 6.07) is 0. The van der Waals surface area contributed by atoms with Crippen molar-refractivity contribution in [2.24, 2.45) is 29.6 Å². The molecule has 6 heteroatoms. The maximum Gasteiger partial charge on any atom is 0.318 e. The fourth-order valence-corrected chi connectivity index (χ4v) is 4.89. The number of rotatable bonds is 4. The number of carbonyl (C=O) groups is 4. The van der Waals surface area contributed by atoms with Crippen LogP contribution in [-0.4, -0.2) is 28.9 Å².